The molecule has 0 radical (unpaired) electrons. The molecule has 134 valence electrons. The van der Waals surface area contributed by atoms with E-state index < -0.39 is 0 Å². The van der Waals surface area contributed by atoms with Crippen LogP contribution in [0.15, 0.2) is 36.5 Å². The van der Waals surface area contributed by atoms with E-state index in [0.717, 1.165) is 17.8 Å². The van der Waals surface area contributed by atoms with Crippen molar-refractivity contribution in [2.45, 2.75) is 26.4 Å². The molecule has 3 heterocycles. The lowest BCUT2D eigenvalue weighted by atomic mass is 10.1. The van der Waals surface area contributed by atoms with E-state index in [-0.39, 0.29) is 18.7 Å². The minimum Gasteiger partial charge on any atom is -0.454 e. The fraction of sp³-hybridized carbons (Fsp3) is 0.278. The lowest BCUT2D eigenvalue weighted by molar-refractivity contribution is 0.0933. The molecule has 1 amide bonds. The van der Waals surface area contributed by atoms with Gasteiger partial charge in [-0.05, 0) is 44.2 Å². The van der Waals surface area contributed by atoms with E-state index >= 15 is 0 Å². The summed E-state index contributed by atoms with van der Waals surface area (Å²) in [5.74, 6) is 1.17. The van der Waals surface area contributed by atoms with E-state index in [2.05, 4.69) is 20.6 Å². The molecule has 1 aromatic carbocycles. The summed E-state index contributed by atoms with van der Waals surface area (Å²) >= 11 is 0. The standard InChI is InChI=1S/C18H19N5O3/c1-3-23-15(6-7-19-23)11(2)20-18(24)14-9-13(21-22-14)12-4-5-16-17(8-12)26-10-25-16/h4-9,11H,3,10H2,1-2H3,(H,20,24)(H,21,22). The minimum absolute atomic E-state index is 0.165. The summed E-state index contributed by atoms with van der Waals surface area (Å²) in [5.41, 5.74) is 2.87. The lowest BCUT2D eigenvalue weighted by Gasteiger charge is -2.14. The number of carbonyl (C=O) groups excluding carboxylic acids is 1. The highest BCUT2D eigenvalue weighted by atomic mass is 16.7. The molecule has 3 aromatic rings. The maximum atomic E-state index is 12.5. The number of benzene rings is 1. The molecule has 2 aromatic heterocycles. The van der Waals surface area contributed by atoms with Crippen molar-refractivity contribution in [3.63, 3.8) is 0 Å². The van der Waals surface area contributed by atoms with Crippen molar-refractivity contribution < 1.29 is 14.3 Å². The number of aromatic amines is 1. The number of carbonyl (C=O) groups is 1. The molecule has 1 atom stereocenters. The lowest BCUT2D eigenvalue weighted by Crippen LogP contribution is -2.28. The largest absolute Gasteiger partial charge is 0.454 e. The molecule has 0 saturated carbocycles. The summed E-state index contributed by atoms with van der Waals surface area (Å²) in [6.07, 6.45) is 1.73. The summed E-state index contributed by atoms with van der Waals surface area (Å²) < 4.78 is 12.5. The summed E-state index contributed by atoms with van der Waals surface area (Å²) in [7, 11) is 0. The average Bonchev–Trinajstić information content (AvgIpc) is 3.40. The fourth-order valence-corrected chi connectivity index (χ4v) is 2.97. The number of hydrogen-bond acceptors (Lipinski definition) is 5. The van der Waals surface area contributed by atoms with Gasteiger partial charge in [0.25, 0.3) is 5.91 Å². The van der Waals surface area contributed by atoms with Crippen LogP contribution in [0.4, 0.5) is 0 Å². The molecule has 1 unspecified atom stereocenters. The number of nitrogens with zero attached hydrogens (tertiary/aromatic N) is 3. The average molecular weight is 353 g/mol. The molecule has 0 saturated heterocycles. The van der Waals surface area contributed by atoms with Gasteiger partial charge in [0.2, 0.25) is 6.79 Å². The van der Waals surface area contributed by atoms with E-state index in [0.29, 0.717) is 22.9 Å². The van der Waals surface area contributed by atoms with E-state index in [1.807, 2.05) is 42.8 Å². The van der Waals surface area contributed by atoms with Crippen LogP contribution < -0.4 is 14.8 Å². The summed E-state index contributed by atoms with van der Waals surface area (Å²) in [6, 6.07) is 9.02. The number of ether oxygens (including phenoxy) is 2. The van der Waals surface area contributed by atoms with Crippen LogP contribution in [0.5, 0.6) is 11.5 Å². The molecule has 2 N–H and O–H groups in total. The number of hydrogen-bond donors (Lipinski definition) is 2. The number of aryl methyl sites for hydroxylation is 1. The first kappa shape index (κ1) is 16.2. The first-order valence-electron chi connectivity index (χ1n) is 8.43. The Kier molecular flexibility index (Phi) is 4.08. The maximum absolute atomic E-state index is 12.5. The van der Waals surface area contributed by atoms with Crippen molar-refractivity contribution in [1.29, 1.82) is 0 Å². The van der Waals surface area contributed by atoms with Crippen molar-refractivity contribution in [1.82, 2.24) is 25.3 Å². The molecule has 8 nitrogen and oxygen atoms in total. The fourth-order valence-electron chi connectivity index (χ4n) is 2.97. The van der Waals surface area contributed by atoms with Gasteiger partial charge in [-0.25, -0.2) is 0 Å². The minimum atomic E-state index is -0.221. The quantitative estimate of drug-likeness (QED) is 0.735. The van der Waals surface area contributed by atoms with Gasteiger partial charge in [-0.1, -0.05) is 0 Å². The smallest absolute Gasteiger partial charge is 0.269 e. The summed E-state index contributed by atoms with van der Waals surface area (Å²) in [6.45, 7) is 4.91. The van der Waals surface area contributed by atoms with E-state index in [9.17, 15) is 4.79 Å². The van der Waals surface area contributed by atoms with Gasteiger partial charge in [0.1, 0.15) is 5.69 Å². The van der Waals surface area contributed by atoms with Crippen molar-refractivity contribution in [3.05, 3.63) is 47.9 Å². The second-order valence-electron chi connectivity index (χ2n) is 6.00. The molecule has 4 rings (SSSR count). The highest BCUT2D eigenvalue weighted by molar-refractivity contribution is 5.93. The second kappa shape index (κ2) is 6.55. The molecule has 0 fully saturated rings. The molecule has 0 spiro atoms. The highest BCUT2D eigenvalue weighted by Crippen LogP contribution is 2.35. The Balaban J connectivity index is 1.50. The summed E-state index contributed by atoms with van der Waals surface area (Å²) in [5, 5.41) is 14.2. The van der Waals surface area contributed by atoms with Gasteiger partial charge >= 0.3 is 0 Å². The van der Waals surface area contributed by atoms with Crippen molar-refractivity contribution in [3.8, 4) is 22.8 Å². The van der Waals surface area contributed by atoms with Gasteiger partial charge in [-0.3, -0.25) is 14.6 Å². The number of aromatic nitrogens is 4. The summed E-state index contributed by atoms with van der Waals surface area (Å²) in [4.78, 5) is 12.5. The van der Waals surface area contributed by atoms with Crippen LogP contribution in [0.2, 0.25) is 0 Å². The third-order valence-corrected chi connectivity index (χ3v) is 4.33. The Bertz CT molecular complexity index is 946. The molecule has 1 aliphatic heterocycles. The molecular weight excluding hydrogens is 334 g/mol. The van der Waals surface area contributed by atoms with Gasteiger partial charge in [0.15, 0.2) is 11.5 Å². The highest BCUT2D eigenvalue weighted by Gasteiger charge is 2.18. The van der Waals surface area contributed by atoms with E-state index in [1.165, 1.54) is 0 Å². The molecule has 8 heteroatoms. The number of fused-ring (bicyclic) bond motifs is 1. The third kappa shape index (κ3) is 2.90. The molecule has 26 heavy (non-hydrogen) atoms. The number of amides is 1. The van der Waals surface area contributed by atoms with Crippen molar-refractivity contribution in [2.75, 3.05) is 6.79 Å². The molecule has 1 aliphatic rings. The second-order valence-corrected chi connectivity index (χ2v) is 6.00. The van der Waals surface area contributed by atoms with Gasteiger partial charge in [-0.15, -0.1) is 0 Å². The van der Waals surface area contributed by atoms with Crippen LogP contribution in [0.3, 0.4) is 0 Å². The predicted molar refractivity (Wildman–Crippen MR) is 93.9 cm³/mol. The van der Waals surface area contributed by atoms with Crippen LogP contribution >= 0.6 is 0 Å². The number of H-pyrrole nitrogens is 1. The SMILES string of the molecule is CCn1nccc1C(C)NC(=O)c1cc(-c2ccc3c(c2)OCO3)n[nH]1. The normalized spacial score (nSPS) is 13.6. The van der Waals surface area contributed by atoms with Crippen LogP contribution in [0.25, 0.3) is 11.3 Å². The predicted octanol–water partition coefficient (Wildman–Crippen LogP) is 2.51. The van der Waals surface area contributed by atoms with Crippen LogP contribution in [-0.2, 0) is 6.54 Å². The zero-order chi connectivity index (χ0) is 18.1. The Morgan fingerprint density at radius 3 is 3.00 bits per heavy atom. The van der Waals surface area contributed by atoms with E-state index in [1.54, 1.807) is 12.3 Å². The van der Waals surface area contributed by atoms with Gasteiger partial charge in [0, 0.05) is 18.3 Å². The Morgan fingerprint density at radius 2 is 2.15 bits per heavy atom. The molecular formula is C18H19N5O3. The van der Waals surface area contributed by atoms with Crippen LogP contribution in [0.1, 0.15) is 36.1 Å². The number of nitrogens with one attached hydrogen (secondary N) is 2. The Labute approximate surface area is 150 Å². The number of rotatable bonds is 5. The van der Waals surface area contributed by atoms with Gasteiger partial charge in [0.05, 0.1) is 17.4 Å². The van der Waals surface area contributed by atoms with E-state index in [4.69, 9.17) is 9.47 Å². The Hall–Kier alpha value is -3.29. The first-order valence-corrected chi connectivity index (χ1v) is 8.43. The Morgan fingerprint density at radius 1 is 1.31 bits per heavy atom. The molecule has 0 bridgehead atoms. The van der Waals surface area contributed by atoms with Crippen LogP contribution in [-0.4, -0.2) is 32.7 Å². The van der Waals surface area contributed by atoms with Crippen molar-refractivity contribution >= 4 is 5.91 Å². The monoisotopic (exact) mass is 353 g/mol. The topological polar surface area (TPSA) is 94.1 Å². The zero-order valence-corrected chi connectivity index (χ0v) is 14.5. The maximum Gasteiger partial charge on any atom is 0.269 e. The third-order valence-electron chi connectivity index (χ3n) is 4.33. The zero-order valence-electron chi connectivity index (χ0n) is 14.5. The molecule has 0 aliphatic carbocycles. The van der Waals surface area contributed by atoms with Gasteiger partial charge < -0.3 is 14.8 Å². The van der Waals surface area contributed by atoms with Gasteiger partial charge in [-0.2, -0.15) is 10.2 Å². The van der Waals surface area contributed by atoms with Crippen LogP contribution in [0, 0.1) is 0 Å². The van der Waals surface area contributed by atoms with Crippen molar-refractivity contribution in [2.24, 2.45) is 0 Å². The first-order chi connectivity index (χ1) is 12.7.